The maximum Gasteiger partial charge on any atom is 0.310 e. The summed E-state index contributed by atoms with van der Waals surface area (Å²) >= 11 is 3.38. The summed E-state index contributed by atoms with van der Waals surface area (Å²) in [7, 11) is 0. The van der Waals surface area contributed by atoms with Crippen LogP contribution in [0.25, 0.3) is 0 Å². The Morgan fingerprint density at radius 1 is 1.50 bits per heavy atom. The number of hydrogen-bond donors (Lipinski definition) is 0. The molecule has 0 saturated heterocycles. The number of benzene rings is 1. The van der Waals surface area contributed by atoms with Crippen molar-refractivity contribution in [3.8, 4) is 5.75 Å². The molecule has 0 bridgehead atoms. The Kier molecular flexibility index (Phi) is 5.25. The molecule has 0 amide bonds. The Balaban J connectivity index is 2.69. The molecule has 1 rings (SSSR count). The molecular formula is C11H14BrNO3. The second kappa shape index (κ2) is 6.48. The van der Waals surface area contributed by atoms with Crippen LogP contribution in [0.3, 0.4) is 0 Å². The number of halogens is 1. The molecule has 88 valence electrons. The number of ether oxygens (including phenoxy) is 1. The van der Waals surface area contributed by atoms with E-state index in [0.29, 0.717) is 18.3 Å². The van der Waals surface area contributed by atoms with Gasteiger partial charge in [0.15, 0.2) is 5.75 Å². The Bertz CT molecular complexity index is 353. The Morgan fingerprint density at radius 3 is 2.75 bits per heavy atom. The molecular weight excluding hydrogens is 274 g/mol. The standard InChI is InChI=1S/C11H14BrNO3/c1-2-9(7-12)8-16-11-6-4-3-5-10(11)13(14)15/h3-6,9H,2,7-8H2,1H3. The number of nitrogens with zero attached hydrogens (tertiary/aromatic N) is 1. The van der Waals surface area contributed by atoms with Gasteiger partial charge in [0, 0.05) is 17.3 Å². The summed E-state index contributed by atoms with van der Waals surface area (Å²) in [6.45, 7) is 2.56. The van der Waals surface area contributed by atoms with E-state index >= 15 is 0 Å². The molecule has 16 heavy (non-hydrogen) atoms. The number of hydrogen-bond acceptors (Lipinski definition) is 3. The predicted octanol–water partition coefficient (Wildman–Crippen LogP) is 3.39. The SMILES string of the molecule is CCC(CBr)COc1ccccc1[N+](=O)[O-]. The maximum absolute atomic E-state index is 10.7. The molecule has 0 fully saturated rings. The molecule has 0 N–H and O–H groups in total. The molecule has 0 heterocycles. The van der Waals surface area contributed by atoms with Crippen LogP contribution >= 0.6 is 15.9 Å². The number of nitro groups is 1. The zero-order chi connectivity index (χ0) is 12.0. The van der Waals surface area contributed by atoms with Crippen molar-refractivity contribution in [2.75, 3.05) is 11.9 Å². The van der Waals surface area contributed by atoms with Crippen molar-refractivity contribution in [1.82, 2.24) is 0 Å². The molecule has 4 nitrogen and oxygen atoms in total. The lowest BCUT2D eigenvalue weighted by Gasteiger charge is -2.12. The summed E-state index contributed by atoms with van der Waals surface area (Å²) in [5.74, 6) is 0.715. The van der Waals surface area contributed by atoms with E-state index in [1.54, 1.807) is 18.2 Å². The lowest BCUT2D eigenvalue weighted by atomic mass is 10.1. The number of para-hydroxylation sites is 2. The van der Waals surface area contributed by atoms with E-state index in [4.69, 9.17) is 4.74 Å². The third-order valence-corrected chi connectivity index (χ3v) is 3.25. The highest BCUT2D eigenvalue weighted by Gasteiger charge is 2.14. The topological polar surface area (TPSA) is 52.4 Å². The largest absolute Gasteiger partial charge is 0.486 e. The summed E-state index contributed by atoms with van der Waals surface area (Å²) in [4.78, 5) is 10.3. The maximum atomic E-state index is 10.7. The van der Waals surface area contributed by atoms with E-state index in [0.717, 1.165) is 11.8 Å². The van der Waals surface area contributed by atoms with Crippen molar-refractivity contribution in [3.05, 3.63) is 34.4 Å². The van der Waals surface area contributed by atoms with Gasteiger partial charge >= 0.3 is 5.69 Å². The number of alkyl halides is 1. The van der Waals surface area contributed by atoms with Crippen LogP contribution in [0.15, 0.2) is 24.3 Å². The third kappa shape index (κ3) is 3.48. The van der Waals surface area contributed by atoms with Crippen molar-refractivity contribution in [2.24, 2.45) is 5.92 Å². The van der Waals surface area contributed by atoms with E-state index in [1.807, 2.05) is 0 Å². The highest BCUT2D eigenvalue weighted by atomic mass is 79.9. The van der Waals surface area contributed by atoms with Crippen LogP contribution < -0.4 is 4.74 Å². The van der Waals surface area contributed by atoms with Crippen LogP contribution in [0.4, 0.5) is 5.69 Å². The molecule has 0 radical (unpaired) electrons. The Labute approximate surface area is 103 Å². The average molecular weight is 288 g/mol. The van der Waals surface area contributed by atoms with Crippen LogP contribution in [0.2, 0.25) is 0 Å². The van der Waals surface area contributed by atoms with Crippen LogP contribution in [0.5, 0.6) is 5.75 Å². The zero-order valence-corrected chi connectivity index (χ0v) is 10.6. The van der Waals surface area contributed by atoms with Gasteiger partial charge < -0.3 is 4.74 Å². The van der Waals surface area contributed by atoms with Crippen molar-refractivity contribution in [1.29, 1.82) is 0 Å². The van der Waals surface area contributed by atoms with Crippen molar-refractivity contribution in [2.45, 2.75) is 13.3 Å². The zero-order valence-electron chi connectivity index (χ0n) is 9.06. The van der Waals surface area contributed by atoms with Crippen LogP contribution in [-0.2, 0) is 0 Å². The van der Waals surface area contributed by atoms with Crippen LogP contribution in [0.1, 0.15) is 13.3 Å². The third-order valence-electron chi connectivity index (χ3n) is 2.33. The summed E-state index contributed by atoms with van der Waals surface area (Å²) in [6.07, 6.45) is 0.978. The van der Waals surface area contributed by atoms with Gasteiger partial charge in [-0.05, 0) is 12.5 Å². The minimum atomic E-state index is -0.426. The Hall–Kier alpha value is -1.10. The summed E-state index contributed by atoms with van der Waals surface area (Å²) < 4.78 is 5.47. The molecule has 1 aromatic carbocycles. The van der Waals surface area contributed by atoms with Crippen molar-refractivity contribution in [3.63, 3.8) is 0 Å². The molecule has 1 aromatic rings. The normalized spacial score (nSPS) is 12.1. The van der Waals surface area contributed by atoms with Crippen LogP contribution in [0, 0.1) is 16.0 Å². The highest BCUT2D eigenvalue weighted by molar-refractivity contribution is 9.09. The quantitative estimate of drug-likeness (QED) is 0.458. The summed E-state index contributed by atoms with van der Waals surface area (Å²) in [6, 6.07) is 6.44. The molecule has 1 atom stereocenters. The smallest absolute Gasteiger partial charge is 0.310 e. The first-order valence-electron chi connectivity index (χ1n) is 5.11. The van der Waals surface area contributed by atoms with Gasteiger partial charge in [-0.1, -0.05) is 35.0 Å². The molecule has 0 aliphatic rings. The molecule has 0 saturated carbocycles. The predicted molar refractivity (Wildman–Crippen MR) is 66.2 cm³/mol. The fourth-order valence-electron chi connectivity index (χ4n) is 1.21. The van der Waals surface area contributed by atoms with E-state index in [1.165, 1.54) is 6.07 Å². The highest BCUT2D eigenvalue weighted by Crippen LogP contribution is 2.26. The Morgan fingerprint density at radius 2 is 2.19 bits per heavy atom. The van der Waals surface area contributed by atoms with Gasteiger partial charge in [-0.2, -0.15) is 0 Å². The van der Waals surface area contributed by atoms with E-state index in [-0.39, 0.29) is 5.69 Å². The lowest BCUT2D eigenvalue weighted by Crippen LogP contribution is -2.13. The van der Waals surface area contributed by atoms with Gasteiger partial charge in [0.05, 0.1) is 11.5 Å². The first-order chi connectivity index (χ1) is 7.69. The second-order valence-corrected chi connectivity index (χ2v) is 4.11. The lowest BCUT2D eigenvalue weighted by molar-refractivity contribution is -0.385. The van der Waals surface area contributed by atoms with E-state index in [9.17, 15) is 10.1 Å². The first kappa shape index (κ1) is 13.0. The molecule has 0 aliphatic carbocycles. The average Bonchev–Trinajstić information content (AvgIpc) is 2.30. The fourth-order valence-corrected chi connectivity index (χ4v) is 1.85. The van der Waals surface area contributed by atoms with Crippen molar-refractivity contribution < 1.29 is 9.66 Å². The second-order valence-electron chi connectivity index (χ2n) is 3.46. The van der Waals surface area contributed by atoms with E-state index in [2.05, 4.69) is 22.9 Å². The molecule has 0 aliphatic heterocycles. The van der Waals surface area contributed by atoms with Crippen molar-refractivity contribution >= 4 is 21.6 Å². The number of nitro benzene ring substituents is 1. The monoisotopic (exact) mass is 287 g/mol. The van der Waals surface area contributed by atoms with Gasteiger partial charge in [0.1, 0.15) is 0 Å². The van der Waals surface area contributed by atoms with Gasteiger partial charge in [0.25, 0.3) is 0 Å². The summed E-state index contributed by atoms with van der Waals surface area (Å²) in [5.41, 5.74) is 0.0203. The van der Waals surface area contributed by atoms with Gasteiger partial charge in [0.2, 0.25) is 0 Å². The molecule has 5 heteroatoms. The summed E-state index contributed by atoms with van der Waals surface area (Å²) in [5, 5.41) is 11.6. The van der Waals surface area contributed by atoms with Crippen LogP contribution in [-0.4, -0.2) is 16.9 Å². The van der Waals surface area contributed by atoms with Gasteiger partial charge in [-0.15, -0.1) is 0 Å². The minimum absolute atomic E-state index is 0.0203. The minimum Gasteiger partial charge on any atom is -0.486 e. The molecule has 1 unspecified atom stereocenters. The first-order valence-corrected chi connectivity index (χ1v) is 6.23. The molecule has 0 aromatic heterocycles. The molecule has 0 spiro atoms. The van der Waals surface area contributed by atoms with E-state index < -0.39 is 4.92 Å². The fraction of sp³-hybridized carbons (Fsp3) is 0.455. The number of rotatable bonds is 6. The van der Waals surface area contributed by atoms with Gasteiger partial charge in [-0.3, -0.25) is 10.1 Å². The van der Waals surface area contributed by atoms with Gasteiger partial charge in [-0.25, -0.2) is 0 Å².